The van der Waals surface area contributed by atoms with Crippen LogP contribution in [0.4, 0.5) is 15.3 Å². The first-order valence-corrected chi connectivity index (χ1v) is 8.22. The Morgan fingerprint density at radius 1 is 1.17 bits per heavy atom. The largest absolute Gasteiger partial charge is 0.453 e. The summed E-state index contributed by atoms with van der Waals surface area (Å²) in [6.07, 6.45) is 0.925. The van der Waals surface area contributed by atoms with Gasteiger partial charge in [-0.1, -0.05) is 18.2 Å². The fourth-order valence-electron chi connectivity index (χ4n) is 2.83. The van der Waals surface area contributed by atoms with Gasteiger partial charge in [0.25, 0.3) is 0 Å². The van der Waals surface area contributed by atoms with Crippen LogP contribution in [0.3, 0.4) is 0 Å². The van der Waals surface area contributed by atoms with Gasteiger partial charge in [0.2, 0.25) is 0 Å². The van der Waals surface area contributed by atoms with Crippen molar-refractivity contribution in [1.29, 1.82) is 0 Å². The van der Waals surface area contributed by atoms with Crippen LogP contribution >= 0.6 is 0 Å². The Kier molecular flexibility index (Phi) is 5.70. The van der Waals surface area contributed by atoms with E-state index in [0.717, 1.165) is 24.1 Å². The molecule has 0 saturated carbocycles. The van der Waals surface area contributed by atoms with Gasteiger partial charge in [-0.15, -0.1) is 0 Å². The number of benzene rings is 1. The second-order valence-corrected chi connectivity index (χ2v) is 6.95. The Morgan fingerprint density at radius 3 is 2.38 bits per heavy atom. The van der Waals surface area contributed by atoms with E-state index in [9.17, 15) is 9.59 Å². The average Bonchev–Trinajstić information content (AvgIpc) is 2.54. The predicted molar refractivity (Wildman–Crippen MR) is 92.3 cm³/mol. The molecule has 1 aliphatic rings. The number of hydrogen-bond acceptors (Lipinski definition) is 4. The minimum atomic E-state index is -0.481. The molecule has 0 aliphatic carbocycles. The molecule has 0 spiro atoms. The molecule has 0 unspecified atom stereocenters. The van der Waals surface area contributed by atoms with Crippen molar-refractivity contribution in [3.05, 3.63) is 29.8 Å². The minimum absolute atomic E-state index is 0.262. The standard InChI is InChI=1S/C18H26N2O4/c1-18(2,3)24-17(22)20-11-9-13(10-12-20)14-7-5-6-8-15(14)19-16(21)23-4/h5-8,13H,9-12H2,1-4H3,(H,19,21). The molecule has 132 valence electrons. The number of carbonyl (C=O) groups excluding carboxylic acids is 2. The topological polar surface area (TPSA) is 67.9 Å². The van der Waals surface area contributed by atoms with Crippen molar-refractivity contribution in [2.45, 2.75) is 45.1 Å². The molecule has 1 aromatic rings. The van der Waals surface area contributed by atoms with E-state index in [0.29, 0.717) is 13.1 Å². The van der Waals surface area contributed by atoms with Crippen LogP contribution in [0, 0.1) is 0 Å². The molecule has 6 heteroatoms. The highest BCUT2D eigenvalue weighted by molar-refractivity contribution is 5.85. The molecule has 0 aromatic heterocycles. The van der Waals surface area contributed by atoms with Crippen molar-refractivity contribution < 1.29 is 19.1 Å². The maximum atomic E-state index is 12.1. The Morgan fingerprint density at radius 2 is 1.79 bits per heavy atom. The zero-order chi connectivity index (χ0) is 17.7. The van der Waals surface area contributed by atoms with Gasteiger partial charge in [0.1, 0.15) is 5.60 Å². The van der Waals surface area contributed by atoms with Crippen molar-refractivity contribution in [3.63, 3.8) is 0 Å². The van der Waals surface area contributed by atoms with Gasteiger partial charge in [-0.05, 0) is 51.2 Å². The number of carbonyl (C=O) groups is 2. The molecule has 1 fully saturated rings. The van der Waals surface area contributed by atoms with E-state index in [2.05, 4.69) is 10.1 Å². The van der Waals surface area contributed by atoms with Crippen LogP contribution in [0.15, 0.2) is 24.3 Å². The Bertz CT molecular complexity index is 587. The number of hydrogen-bond donors (Lipinski definition) is 1. The zero-order valence-electron chi connectivity index (χ0n) is 14.8. The van der Waals surface area contributed by atoms with Crippen molar-refractivity contribution in [1.82, 2.24) is 4.90 Å². The van der Waals surface area contributed by atoms with Crippen LogP contribution in [0.5, 0.6) is 0 Å². The summed E-state index contributed by atoms with van der Waals surface area (Å²) in [5, 5.41) is 2.76. The van der Waals surface area contributed by atoms with Crippen molar-refractivity contribution in [3.8, 4) is 0 Å². The van der Waals surface area contributed by atoms with Crippen molar-refractivity contribution >= 4 is 17.9 Å². The van der Waals surface area contributed by atoms with Crippen LogP contribution in [0.2, 0.25) is 0 Å². The van der Waals surface area contributed by atoms with E-state index in [-0.39, 0.29) is 12.0 Å². The van der Waals surface area contributed by atoms with Crippen molar-refractivity contribution in [2.24, 2.45) is 0 Å². The highest BCUT2D eigenvalue weighted by Gasteiger charge is 2.28. The van der Waals surface area contributed by atoms with E-state index in [4.69, 9.17) is 4.74 Å². The highest BCUT2D eigenvalue weighted by Crippen LogP contribution is 2.33. The second kappa shape index (κ2) is 7.55. The first-order valence-electron chi connectivity index (χ1n) is 8.22. The molecule has 1 aromatic carbocycles. The lowest BCUT2D eigenvalue weighted by Crippen LogP contribution is -2.41. The van der Waals surface area contributed by atoms with E-state index >= 15 is 0 Å². The van der Waals surface area contributed by atoms with Gasteiger partial charge in [0.05, 0.1) is 7.11 Å². The van der Waals surface area contributed by atoms with Gasteiger partial charge in [0, 0.05) is 18.8 Å². The molecule has 1 aliphatic heterocycles. The maximum absolute atomic E-state index is 12.1. The van der Waals surface area contributed by atoms with Gasteiger partial charge in [-0.2, -0.15) is 0 Å². The van der Waals surface area contributed by atoms with E-state index in [1.807, 2.05) is 45.0 Å². The molecule has 0 radical (unpaired) electrons. The summed E-state index contributed by atoms with van der Waals surface area (Å²) in [6.45, 7) is 6.89. The van der Waals surface area contributed by atoms with Crippen LogP contribution < -0.4 is 5.32 Å². The number of nitrogens with zero attached hydrogens (tertiary/aromatic N) is 1. The summed E-state index contributed by atoms with van der Waals surface area (Å²) in [7, 11) is 1.34. The molecule has 1 saturated heterocycles. The van der Waals surface area contributed by atoms with Gasteiger partial charge >= 0.3 is 12.2 Å². The third-order valence-corrected chi connectivity index (χ3v) is 3.97. The number of methoxy groups -OCH3 is 1. The number of anilines is 1. The van der Waals surface area contributed by atoms with Gasteiger partial charge < -0.3 is 14.4 Å². The van der Waals surface area contributed by atoms with E-state index in [1.165, 1.54) is 7.11 Å². The molecule has 6 nitrogen and oxygen atoms in total. The average molecular weight is 334 g/mol. The maximum Gasteiger partial charge on any atom is 0.411 e. The molecule has 24 heavy (non-hydrogen) atoms. The summed E-state index contributed by atoms with van der Waals surface area (Å²) >= 11 is 0. The lowest BCUT2D eigenvalue weighted by atomic mass is 9.88. The Hall–Kier alpha value is -2.24. The molecule has 1 N–H and O–H groups in total. The fourth-order valence-corrected chi connectivity index (χ4v) is 2.83. The molecular formula is C18H26N2O4. The normalized spacial score (nSPS) is 15.8. The summed E-state index contributed by atoms with van der Waals surface area (Å²) in [5.74, 6) is 0.289. The smallest absolute Gasteiger partial charge is 0.411 e. The summed E-state index contributed by atoms with van der Waals surface area (Å²) in [6, 6.07) is 7.72. The van der Waals surface area contributed by atoms with Crippen LogP contribution in [-0.4, -0.2) is 42.9 Å². The SMILES string of the molecule is COC(=O)Nc1ccccc1C1CCN(C(=O)OC(C)(C)C)CC1. The predicted octanol–water partition coefficient (Wildman–Crippen LogP) is 3.98. The van der Waals surface area contributed by atoms with Crippen LogP contribution in [-0.2, 0) is 9.47 Å². The summed E-state index contributed by atoms with van der Waals surface area (Å²) < 4.78 is 10.1. The van der Waals surface area contributed by atoms with Gasteiger partial charge in [-0.25, -0.2) is 9.59 Å². The first kappa shape index (κ1) is 18.1. The summed E-state index contributed by atoms with van der Waals surface area (Å²) in [5.41, 5.74) is 1.36. The Labute approximate surface area is 143 Å². The third-order valence-electron chi connectivity index (χ3n) is 3.97. The number of likely N-dealkylation sites (tertiary alicyclic amines) is 1. The van der Waals surface area contributed by atoms with E-state index < -0.39 is 11.7 Å². The minimum Gasteiger partial charge on any atom is -0.453 e. The molecule has 2 rings (SSSR count). The monoisotopic (exact) mass is 334 g/mol. The summed E-state index contributed by atoms with van der Waals surface area (Å²) in [4.78, 5) is 25.4. The molecule has 2 amide bonds. The fraction of sp³-hybridized carbons (Fsp3) is 0.556. The number of amides is 2. The molecule has 0 atom stereocenters. The number of ether oxygens (including phenoxy) is 2. The van der Waals surface area contributed by atoms with Crippen LogP contribution in [0.25, 0.3) is 0 Å². The molecular weight excluding hydrogens is 308 g/mol. The molecule has 0 bridgehead atoms. The quantitative estimate of drug-likeness (QED) is 0.888. The number of nitrogens with one attached hydrogen (secondary N) is 1. The number of rotatable bonds is 2. The van der Waals surface area contributed by atoms with Gasteiger partial charge in [-0.3, -0.25) is 5.32 Å². The Balaban J connectivity index is 2.00. The zero-order valence-corrected chi connectivity index (χ0v) is 14.8. The van der Waals surface area contributed by atoms with Crippen molar-refractivity contribution in [2.75, 3.05) is 25.5 Å². The second-order valence-electron chi connectivity index (χ2n) is 6.95. The number of para-hydroxylation sites is 1. The number of piperidine rings is 1. The first-order chi connectivity index (χ1) is 11.3. The lowest BCUT2D eigenvalue weighted by molar-refractivity contribution is 0.0205. The third kappa shape index (κ3) is 4.88. The van der Waals surface area contributed by atoms with Gasteiger partial charge in [0.15, 0.2) is 0 Å². The van der Waals surface area contributed by atoms with E-state index in [1.54, 1.807) is 4.90 Å². The lowest BCUT2D eigenvalue weighted by Gasteiger charge is -2.34. The van der Waals surface area contributed by atoms with Crippen LogP contribution in [0.1, 0.15) is 45.1 Å². The highest BCUT2D eigenvalue weighted by atomic mass is 16.6. The molecule has 1 heterocycles.